The van der Waals surface area contributed by atoms with Gasteiger partial charge in [0.25, 0.3) is 0 Å². The summed E-state index contributed by atoms with van der Waals surface area (Å²) in [6, 6.07) is 6.84. The standard InChI is InChI=1S/C10H9N3O2/c14-7-8-3-4-10(13-12-8)15-9-2-1-5-11-6-9/h1-6,14H,7H2. The van der Waals surface area contributed by atoms with Gasteiger partial charge in [0, 0.05) is 12.3 Å². The van der Waals surface area contributed by atoms with Crippen molar-refractivity contribution in [2.75, 3.05) is 0 Å². The van der Waals surface area contributed by atoms with Gasteiger partial charge in [-0.1, -0.05) is 0 Å². The van der Waals surface area contributed by atoms with E-state index in [4.69, 9.17) is 9.84 Å². The van der Waals surface area contributed by atoms with Gasteiger partial charge in [-0.3, -0.25) is 4.98 Å². The van der Waals surface area contributed by atoms with Crippen LogP contribution in [-0.2, 0) is 6.61 Å². The van der Waals surface area contributed by atoms with E-state index in [0.717, 1.165) is 0 Å². The summed E-state index contributed by atoms with van der Waals surface area (Å²) in [7, 11) is 0. The Hall–Kier alpha value is -2.01. The molecular formula is C10H9N3O2. The van der Waals surface area contributed by atoms with Gasteiger partial charge in [0.15, 0.2) is 0 Å². The summed E-state index contributed by atoms with van der Waals surface area (Å²) in [6.45, 7) is -0.125. The molecule has 2 aromatic heterocycles. The van der Waals surface area contributed by atoms with Gasteiger partial charge in [-0.05, 0) is 18.2 Å². The Balaban J connectivity index is 2.11. The Bertz CT molecular complexity index is 416. The van der Waals surface area contributed by atoms with Crippen molar-refractivity contribution in [2.24, 2.45) is 0 Å². The molecule has 0 fully saturated rings. The Kier molecular flexibility index (Phi) is 2.85. The molecule has 0 radical (unpaired) electrons. The number of pyridine rings is 1. The van der Waals surface area contributed by atoms with Crippen molar-refractivity contribution in [3.63, 3.8) is 0 Å². The molecule has 0 saturated carbocycles. The molecular weight excluding hydrogens is 194 g/mol. The third kappa shape index (κ3) is 2.47. The molecule has 1 N–H and O–H groups in total. The van der Waals surface area contributed by atoms with Crippen LogP contribution in [0.25, 0.3) is 0 Å². The number of rotatable bonds is 3. The minimum absolute atomic E-state index is 0.125. The van der Waals surface area contributed by atoms with E-state index < -0.39 is 0 Å². The third-order valence-corrected chi connectivity index (χ3v) is 1.71. The molecule has 0 amide bonds. The first-order valence-corrected chi connectivity index (χ1v) is 4.40. The van der Waals surface area contributed by atoms with Crippen LogP contribution >= 0.6 is 0 Å². The summed E-state index contributed by atoms with van der Waals surface area (Å²) in [5.41, 5.74) is 0.508. The highest BCUT2D eigenvalue weighted by Crippen LogP contribution is 2.16. The predicted molar refractivity (Wildman–Crippen MR) is 52.3 cm³/mol. The number of aliphatic hydroxyl groups excluding tert-OH is 1. The molecule has 2 heterocycles. The molecule has 0 spiro atoms. The van der Waals surface area contributed by atoms with Crippen molar-refractivity contribution in [1.82, 2.24) is 15.2 Å². The Morgan fingerprint density at radius 2 is 2.13 bits per heavy atom. The normalized spacial score (nSPS) is 9.93. The van der Waals surface area contributed by atoms with Crippen molar-refractivity contribution >= 4 is 0 Å². The van der Waals surface area contributed by atoms with Gasteiger partial charge < -0.3 is 9.84 Å². The largest absolute Gasteiger partial charge is 0.436 e. The Labute approximate surface area is 86.4 Å². The van der Waals surface area contributed by atoms with E-state index in [0.29, 0.717) is 17.3 Å². The number of aromatic nitrogens is 3. The van der Waals surface area contributed by atoms with E-state index in [1.807, 2.05) is 0 Å². The fraction of sp³-hybridized carbons (Fsp3) is 0.100. The van der Waals surface area contributed by atoms with Crippen LogP contribution in [0.1, 0.15) is 5.69 Å². The molecule has 2 rings (SSSR count). The van der Waals surface area contributed by atoms with Crippen molar-refractivity contribution in [3.05, 3.63) is 42.4 Å². The first-order valence-electron chi connectivity index (χ1n) is 4.40. The lowest BCUT2D eigenvalue weighted by Gasteiger charge is -2.02. The number of ether oxygens (including phenoxy) is 1. The predicted octanol–water partition coefficient (Wildman–Crippen LogP) is 1.16. The van der Waals surface area contributed by atoms with E-state index >= 15 is 0 Å². The number of nitrogens with zero attached hydrogens (tertiary/aromatic N) is 3. The van der Waals surface area contributed by atoms with Crippen molar-refractivity contribution in [1.29, 1.82) is 0 Å². The average Bonchev–Trinajstić information content (AvgIpc) is 2.31. The molecule has 5 nitrogen and oxygen atoms in total. The number of aliphatic hydroxyl groups is 1. The second-order valence-corrected chi connectivity index (χ2v) is 2.81. The van der Waals surface area contributed by atoms with Crippen LogP contribution in [0.2, 0.25) is 0 Å². The van der Waals surface area contributed by atoms with Gasteiger partial charge in [-0.25, -0.2) is 0 Å². The van der Waals surface area contributed by atoms with E-state index in [-0.39, 0.29) is 6.61 Å². The first-order chi connectivity index (χ1) is 7.38. The molecule has 0 aliphatic heterocycles. The quantitative estimate of drug-likeness (QED) is 0.810. The Morgan fingerprint density at radius 3 is 2.73 bits per heavy atom. The first kappa shape index (κ1) is 9.54. The zero-order chi connectivity index (χ0) is 10.5. The van der Waals surface area contributed by atoms with E-state index in [1.165, 1.54) is 0 Å². The second-order valence-electron chi connectivity index (χ2n) is 2.81. The number of hydrogen-bond donors (Lipinski definition) is 1. The monoisotopic (exact) mass is 203 g/mol. The lowest BCUT2D eigenvalue weighted by Crippen LogP contribution is -1.94. The fourth-order valence-electron chi connectivity index (χ4n) is 1.01. The Morgan fingerprint density at radius 1 is 1.20 bits per heavy atom. The topological polar surface area (TPSA) is 68.1 Å². The maximum absolute atomic E-state index is 8.76. The molecule has 0 aromatic carbocycles. The van der Waals surface area contributed by atoms with Gasteiger partial charge in [-0.15, -0.1) is 10.2 Å². The molecule has 0 atom stereocenters. The maximum atomic E-state index is 8.76. The van der Waals surface area contributed by atoms with Crippen LogP contribution in [0.15, 0.2) is 36.7 Å². The van der Waals surface area contributed by atoms with Crippen LogP contribution in [0.3, 0.4) is 0 Å². The van der Waals surface area contributed by atoms with Crippen LogP contribution in [0, 0.1) is 0 Å². The summed E-state index contributed by atoms with van der Waals surface area (Å²) in [6.07, 6.45) is 3.25. The highest BCUT2D eigenvalue weighted by atomic mass is 16.5. The molecule has 76 valence electrons. The zero-order valence-corrected chi connectivity index (χ0v) is 7.87. The molecule has 0 aliphatic carbocycles. The van der Waals surface area contributed by atoms with Crippen molar-refractivity contribution in [3.8, 4) is 11.6 Å². The van der Waals surface area contributed by atoms with Crippen LogP contribution in [-0.4, -0.2) is 20.3 Å². The second kappa shape index (κ2) is 4.47. The third-order valence-electron chi connectivity index (χ3n) is 1.71. The zero-order valence-electron chi connectivity index (χ0n) is 7.87. The van der Waals surface area contributed by atoms with E-state index in [1.54, 1.807) is 36.7 Å². The molecule has 0 saturated heterocycles. The van der Waals surface area contributed by atoms with Crippen LogP contribution in [0.4, 0.5) is 0 Å². The lowest BCUT2D eigenvalue weighted by atomic mass is 10.4. The van der Waals surface area contributed by atoms with Crippen molar-refractivity contribution < 1.29 is 9.84 Å². The fourth-order valence-corrected chi connectivity index (χ4v) is 1.01. The average molecular weight is 203 g/mol. The molecule has 0 aliphatic rings. The van der Waals surface area contributed by atoms with Crippen LogP contribution in [0.5, 0.6) is 11.6 Å². The summed E-state index contributed by atoms with van der Waals surface area (Å²) in [5, 5.41) is 16.3. The number of hydrogen-bond acceptors (Lipinski definition) is 5. The van der Waals surface area contributed by atoms with Crippen molar-refractivity contribution in [2.45, 2.75) is 6.61 Å². The SMILES string of the molecule is OCc1ccc(Oc2cccnc2)nn1. The molecule has 0 unspecified atom stereocenters. The van der Waals surface area contributed by atoms with Gasteiger partial charge in [0.05, 0.1) is 18.5 Å². The van der Waals surface area contributed by atoms with Gasteiger partial charge in [-0.2, -0.15) is 0 Å². The lowest BCUT2D eigenvalue weighted by molar-refractivity contribution is 0.274. The summed E-state index contributed by atoms with van der Waals surface area (Å²) >= 11 is 0. The van der Waals surface area contributed by atoms with Gasteiger partial charge in [0.1, 0.15) is 5.75 Å². The molecule has 5 heteroatoms. The summed E-state index contributed by atoms with van der Waals surface area (Å²) in [5.74, 6) is 0.976. The minimum Gasteiger partial charge on any atom is -0.436 e. The van der Waals surface area contributed by atoms with Gasteiger partial charge in [0.2, 0.25) is 5.88 Å². The summed E-state index contributed by atoms with van der Waals surface area (Å²) < 4.78 is 5.36. The molecule has 2 aromatic rings. The molecule has 0 bridgehead atoms. The van der Waals surface area contributed by atoms with Gasteiger partial charge >= 0.3 is 0 Å². The summed E-state index contributed by atoms with van der Waals surface area (Å²) in [4.78, 5) is 3.90. The van der Waals surface area contributed by atoms with E-state index in [9.17, 15) is 0 Å². The molecule has 15 heavy (non-hydrogen) atoms. The highest BCUT2D eigenvalue weighted by Gasteiger charge is 1.99. The smallest absolute Gasteiger partial charge is 0.238 e. The maximum Gasteiger partial charge on any atom is 0.238 e. The minimum atomic E-state index is -0.125. The van der Waals surface area contributed by atoms with E-state index in [2.05, 4.69) is 15.2 Å². The van der Waals surface area contributed by atoms with Crippen LogP contribution < -0.4 is 4.74 Å². The highest BCUT2D eigenvalue weighted by molar-refractivity contribution is 5.22.